The minimum absolute atomic E-state index is 0.0253. The van der Waals surface area contributed by atoms with E-state index in [1.165, 1.54) is 18.2 Å². The van der Waals surface area contributed by atoms with Gasteiger partial charge in [0.15, 0.2) is 0 Å². The van der Waals surface area contributed by atoms with Crippen molar-refractivity contribution in [1.82, 2.24) is 5.01 Å². The largest absolute Gasteiger partial charge is 0.507 e. The summed E-state index contributed by atoms with van der Waals surface area (Å²) in [6.07, 6.45) is 2.78. The molecular weight excluding hydrogens is 316 g/mol. The number of amides is 2. The second kappa shape index (κ2) is 6.98. The number of nitrogens with two attached hydrogens (primary N) is 1. The summed E-state index contributed by atoms with van der Waals surface area (Å²) in [7, 11) is 0. The summed E-state index contributed by atoms with van der Waals surface area (Å²) in [5.41, 5.74) is 0.785. The van der Waals surface area contributed by atoms with Gasteiger partial charge in [-0.1, -0.05) is 54.6 Å². The number of aromatic hydroxyl groups is 1. The van der Waals surface area contributed by atoms with Crippen LogP contribution in [-0.2, 0) is 4.79 Å². The lowest BCUT2D eigenvalue weighted by Crippen LogP contribution is -2.41. The molecule has 3 aromatic rings. The van der Waals surface area contributed by atoms with Crippen molar-refractivity contribution >= 4 is 28.7 Å². The Morgan fingerprint density at radius 3 is 2.20 bits per heavy atom. The van der Waals surface area contributed by atoms with E-state index in [9.17, 15) is 14.7 Å². The van der Waals surface area contributed by atoms with E-state index in [1.807, 2.05) is 54.6 Å². The summed E-state index contributed by atoms with van der Waals surface area (Å²) in [6.45, 7) is 0. The van der Waals surface area contributed by atoms with Crippen LogP contribution in [0.15, 0.2) is 72.8 Å². The maximum absolute atomic E-state index is 12.4. The fourth-order valence-corrected chi connectivity index (χ4v) is 2.44. The van der Waals surface area contributed by atoms with Crippen LogP contribution in [0.2, 0.25) is 0 Å². The van der Waals surface area contributed by atoms with Gasteiger partial charge in [-0.2, -0.15) is 0 Å². The van der Waals surface area contributed by atoms with Gasteiger partial charge in [0.1, 0.15) is 5.75 Å². The molecule has 0 saturated heterocycles. The fourth-order valence-electron chi connectivity index (χ4n) is 2.44. The van der Waals surface area contributed by atoms with Gasteiger partial charge in [0.2, 0.25) is 0 Å². The molecule has 0 aromatic heterocycles. The predicted molar refractivity (Wildman–Crippen MR) is 96.5 cm³/mol. The predicted octanol–water partition coefficient (Wildman–Crippen LogP) is 3.10. The second-order valence-corrected chi connectivity index (χ2v) is 5.47. The van der Waals surface area contributed by atoms with Gasteiger partial charge in [-0.15, -0.1) is 0 Å². The van der Waals surface area contributed by atoms with E-state index in [0.29, 0.717) is 5.01 Å². The molecule has 5 heteroatoms. The lowest BCUT2D eigenvalue weighted by molar-refractivity contribution is -0.123. The van der Waals surface area contributed by atoms with Gasteiger partial charge in [-0.25, -0.2) is 10.9 Å². The molecule has 0 bridgehead atoms. The first-order valence-electron chi connectivity index (χ1n) is 7.64. The summed E-state index contributed by atoms with van der Waals surface area (Å²) >= 11 is 0. The van der Waals surface area contributed by atoms with Gasteiger partial charge in [0.05, 0.1) is 5.56 Å². The number of hydrazine groups is 1. The summed E-state index contributed by atoms with van der Waals surface area (Å²) in [6, 6.07) is 19.4. The first-order valence-corrected chi connectivity index (χ1v) is 7.64. The third kappa shape index (κ3) is 3.57. The van der Waals surface area contributed by atoms with Crippen LogP contribution in [0.3, 0.4) is 0 Å². The lowest BCUT2D eigenvalue weighted by atomic mass is 10.1. The van der Waals surface area contributed by atoms with Crippen LogP contribution in [-0.4, -0.2) is 21.9 Å². The van der Waals surface area contributed by atoms with Gasteiger partial charge >= 0.3 is 0 Å². The van der Waals surface area contributed by atoms with Crippen LogP contribution in [0.5, 0.6) is 5.75 Å². The smallest absolute Gasteiger partial charge is 0.278 e. The molecule has 0 spiro atoms. The van der Waals surface area contributed by atoms with E-state index in [-0.39, 0.29) is 11.3 Å². The Hall–Kier alpha value is -3.44. The zero-order valence-corrected chi connectivity index (χ0v) is 13.3. The minimum Gasteiger partial charge on any atom is -0.507 e. The highest BCUT2D eigenvalue weighted by Gasteiger charge is 2.21. The van der Waals surface area contributed by atoms with Crippen molar-refractivity contribution in [2.45, 2.75) is 0 Å². The minimum atomic E-state index is -0.772. The van der Waals surface area contributed by atoms with Gasteiger partial charge in [-0.3, -0.25) is 9.59 Å². The summed E-state index contributed by atoms with van der Waals surface area (Å²) in [4.78, 5) is 24.6. The van der Waals surface area contributed by atoms with Crippen molar-refractivity contribution in [3.8, 4) is 5.75 Å². The fraction of sp³-hybridized carbons (Fsp3) is 0. The van der Waals surface area contributed by atoms with E-state index in [1.54, 1.807) is 6.08 Å². The van der Waals surface area contributed by atoms with Crippen molar-refractivity contribution in [1.29, 1.82) is 0 Å². The van der Waals surface area contributed by atoms with Crippen LogP contribution in [0.1, 0.15) is 15.9 Å². The number of hydrogen-bond donors (Lipinski definition) is 2. The number of fused-ring (bicyclic) bond motifs is 1. The van der Waals surface area contributed by atoms with Crippen LogP contribution in [0.4, 0.5) is 0 Å². The number of carbonyl (C=O) groups is 2. The Kier molecular flexibility index (Phi) is 4.59. The first-order chi connectivity index (χ1) is 12.1. The topological polar surface area (TPSA) is 83.6 Å². The number of benzene rings is 3. The highest BCUT2D eigenvalue weighted by Crippen LogP contribution is 2.25. The maximum Gasteiger partial charge on any atom is 0.278 e. The number of phenolic OH excluding ortho intramolecular Hbond substituents is 1. The van der Waals surface area contributed by atoms with Crippen molar-refractivity contribution in [2.24, 2.45) is 5.84 Å². The van der Waals surface area contributed by atoms with Crippen molar-refractivity contribution in [3.63, 3.8) is 0 Å². The lowest BCUT2D eigenvalue weighted by Gasteiger charge is -2.14. The standard InChI is InChI=1S/C20H16N2O3/c21-22(19(24)11-10-14-6-2-1-3-7-14)20(25)17-12-15-8-4-5-9-16(15)13-18(17)23/h1-13,23H,21H2/b11-10+. The molecule has 0 unspecified atom stereocenters. The summed E-state index contributed by atoms with van der Waals surface area (Å²) in [5.74, 6) is 3.97. The molecule has 5 nitrogen and oxygen atoms in total. The number of rotatable bonds is 3. The zero-order chi connectivity index (χ0) is 17.8. The molecule has 0 heterocycles. The van der Waals surface area contributed by atoms with Crippen LogP contribution in [0.25, 0.3) is 16.8 Å². The highest BCUT2D eigenvalue weighted by molar-refractivity contribution is 6.11. The van der Waals surface area contributed by atoms with Crippen LogP contribution >= 0.6 is 0 Å². The average molecular weight is 332 g/mol. The third-order valence-electron chi connectivity index (χ3n) is 3.77. The van der Waals surface area contributed by atoms with Gasteiger partial charge in [-0.05, 0) is 34.5 Å². The van der Waals surface area contributed by atoms with Crippen LogP contribution in [0, 0.1) is 0 Å². The van der Waals surface area contributed by atoms with E-state index < -0.39 is 11.8 Å². The van der Waals surface area contributed by atoms with Crippen LogP contribution < -0.4 is 5.84 Å². The van der Waals surface area contributed by atoms with E-state index >= 15 is 0 Å². The summed E-state index contributed by atoms with van der Waals surface area (Å²) < 4.78 is 0. The Morgan fingerprint density at radius 2 is 1.52 bits per heavy atom. The monoisotopic (exact) mass is 332 g/mol. The number of nitrogens with zero attached hydrogens (tertiary/aromatic N) is 1. The van der Waals surface area contributed by atoms with E-state index in [4.69, 9.17) is 5.84 Å². The SMILES string of the molecule is NN(C(=O)/C=C/c1ccccc1)C(=O)c1cc2ccccc2cc1O. The molecule has 0 saturated carbocycles. The number of carbonyl (C=O) groups excluding carboxylic acids is 2. The van der Waals surface area contributed by atoms with E-state index in [2.05, 4.69) is 0 Å². The molecule has 0 fully saturated rings. The van der Waals surface area contributed by atoms with Crippen molar-refractivity contribution < 1.29 is 14.7 Å². The molecule has 0 radical (unpaired) electrons. The number of hydrogen-bond acceptors (Lipinski definition) is 4. The molecular formula is C20H16N2O3. The summed E-state index contributed by atoms with van der Waals surface area (Å²) in [5, 5.41) is 12.1. The molecule has 3 N–H and O–H groups in total. The number of imide groups is 1. The van der Waals surface area contributed by atoms with Gasteiger partial charge in [0, 0.05) is 6.08 Å². The Balaban J connectivity index is 1.83. The third-order valence-corrected chi connectivity index (χ3v) is 3.77. The molecule has 2 amide bonds. The number of phenols is 1. The van der Waals surface area contributed by atoms with E-state index in [0.717, 1.165) is 16.3 Å². The Bertz CT molecular complexity index is 965. The highest BCUT2D eigenvalue weighted by atomic mass is 16.3. The maximum atomic E-state index is 12.4. The normalized spacial score (nSPS) is 10.9. The Labute approximate surface area is 144 Å². The first kappa shape index (κ1) is 16.4. The van der Waals surface area contributed by atoms with Gasteiger partial charge < -0.3 is 5.11 Å². The molecule has 0 aliphatic carbocycles. The van der Waals surface area contributed by atoms with Gasteiger partial charge in [0.25, 0.3) is 11.8 Å². The molecule has 0 aliphatic heterocycles. The molecule has 25 heavy (non-hydrogen) atoms. The molecule has 3 rings (SSSR count). The quantitative estimate of drug-likeness (QED) is 0.334. The molecule has 124 valence electrons. The van der Waals surface area contributed by atoms with Crippen molar-refractivity contribution in [3.05, 3.63) is 83.9 Å². The molecule has 0 atom stereocenters. The molecule has 0 aliphatic rings. The second-order valence-electron chi connectivity index (χ2n) is 5.47. The average Bonchev–Trinajstić information content (AvgIpc) is 2.65. The zero-order valence-electron chi connectivity index (χ0n) is 13.3. The Morgan fingerprint density at radius 1 is 0.920 bits per heavy atom. The van der Waals surface area contributed by atoms with Crippen molar-refractivity contribution in [2.75, 3.05) is 0 Å². The molecule has 3 aromatic carbocycles.